The van der Waals surface area contributed by atoms with Gasteiger partial charge >= 0.3 is 0 Å². The van der Waals surface area contributed by atoms with Crippen LogP contribution < -0.4 is 0 Å². The minimum absolute atomic E-state index is 0.0990. The number of hydrogen-bond acceptors (Lipinski definition) is 7. The van der Waals surface area contributed by atoms with Crippen LogP contribution in [-0.4, -0.2) is 83.3 Å². The summed E-state index contributed by atoms with van der Waals surface area (Å²) in [6.45, 7) is 11.0. The average molecular weight is 624 g/mol. The maximum absolute atomic E-state index is 12.2. The van der Waals surface area contributed by atoms with Crippen molar-refractivity contribution in [3.63, 3.8) is 0 Å². The van der Waals surface area contributed by atoms with Crippen molar-refractivity contribution in [2.45, 2.75) is 135 Å². The van der Waals surface area contributed by atoms with Crippen LogP contribution in [0.3, 0.4) is 0 Å². The van der Waals surface area contributed by atoms with E-state index >= 15 is 0 Å². The Balaban J connectivity index is 1.21. The van der Waals surface area contributed by atoms with Gasteiger partial charge in [0.2, 0.25) is 6.41 Å². The molecule has 250 valence electrons. The second kappa shape index (κ2) is 16.1. The molecule has 0 aromatic heterocycles. The van der Waals surface area contributed by atoms with Gasteiger partial charge in [-0.05, 0) is 124 Å². The quantitative estimate of drug-likeness (QED) is 0.0927. The van der Waals surface area contributed by atoms with Crippen LogP contribution in [0.1, 0.15) is 111 Å². The first-order valence-electron chi connectivity index (χ1n) is 17.7. The molecule has 0 heterocycles. The van der Waals surface area contributed by atoms with Crippen LogP contribution in [0.15, 0.2) is 11.6 Å². The number of aliphatic hydroxyl groups excluding tert-OH is 2. The number of nitrogens with zero attached hydrogens (tertiary/aromatic N) is 1. The van der Waals surface area contributed by atoms with Gasteiger partial charge in [-0.25, -0.2) is 0 Å². The third-order valence-corrected chi connectivity index (χ3v) is 13.4. The lowest BCUT2D eigenvalue weighted by Crippen LogP contribution is -2.55. The van der Waals surface area contributed by atoms with Gasteiger partial charge in [0.25, 0.3) is 0 Å². The highest BCUT2D eigenvalue weighted by Gasteiger charge is 2.60. The monoisotopic (exact) mass is 623 g/mol. The second-order valence-electron chi connectivity index (χ2n) is 15.5. The molecule has 0 radical (unpaired) electrons. The summed E-state index contributed by atoms with van der Waals surface area (Å²) in [5.74, 6) is 5.91. The summed E-state index contributed by atoms with van der Waals surface area (Å²) in [6.07, 6.45) is 16.1. The molecule has 0 spiro atoms. The molecule has 4 aliphatic rings. The van der Waals surface area contributed by atoms with Crippen molar-refractivity contribution < 1.29 is 24.8 Å². The van der Waals surface area contributed by atoms with Gasteiger partial charge in [0.1, 0.15) is 0 Å². The topological polar surface area (TPSA) is 82.4 Å². The van der Waals surface area contributed by atoms with E-state index in [1.54, 1.807) is 16.7 Å². The van der Waals surface area contributed by atoms with E-state index in [4.69, 9.17) is 9.47 Å². The lowest BCUT2D eigenvalue weighted by Gasteiger charge is -2.57. The molecule has 0 saturated heterocycles. The van der Waals surface area contributed by atoms with E-state index in [-0.39, 0.29) is 6.10 Å². The summed E-state index contributed by atoms with van der Waals surface area (Å²) in [7, 11) is 3.35. The summed E-state index contributed by atoms with van der Waals surface area (Å²) in [5.41, 5.74) is 1.03. The maximum Gasteiger partial charge on any atom is 0.215 e. The van der Waals surface area contributed by atoms with Crippen molar-refractivity contribution >= 4 is 11.8 Å². The zero-order chi connectivity index (χ0) is 31.2. The zero-order valence-electron chi connectivity index (χ0n) is 28.3. The number of allylic oxidation sites excluding steroid dienone is 1. The number of hydrogen-bond donors (Lipinski definition) is 3. The van der Waals surface area contributed by atoms with Crippen LogP contribution in [0.2, 0.25) is 0 Å². The van der Waals surface area contributed by atoms with Crippen molar-refractivity contribution in [1.29, 1.82) is 0 Å². The van der Waals surface area contributed by atoms with Crippen LogP contribution in [-0.2, 0) is 9.47 Å². The molecule has 0 aromatic carbocycles. The summed E-state index contributed by atoms with van der Waals surface area (Å²) >= 11 is 1.76. The largest absolute Gasteiger partial charge is 0.390 e. The van der Waals surface area contributed by atoms with E-state index in [1.807, 2.05) is 7.05 Å². The molecule has 0 aromatic rings. The Kier molecular flexibility index (Phi) is 13.4. The highest BCUT2D eigenvalue weighted by atomic mass is 32.2. The van der Waals surface area contributed by atoms with Gasteiger partial charge < -0.3 is 24.8 Å². The summed E-state index contributed by atoms with van der Waals surface area (Å²) in [4.78, 5) is 1.78. The second-order valence-corrected chi connectivity index (χ2v) is 16.6. The fraction of sp³-hybridized carbons (Fsp3) is 0.944. The molecule has 0 bridgehead atoms. The van der Waals surface area contributed by atoms with Crippen LogP contribution in [0.25, 0.3) is 0 Å². The molecule has 7 heteroatoms. The van der Waals surface area contributed by atoms with Gasteiger partial charge in [-0.3, -0.25) is 4.90 Å². The van der Waals surface area contributed by atoms with Gasteiger partial charge in [0, 0.05) is 19.4 Å². The first kappa shape index (κ1) is 35.7. The smallest absolute Gasteiger partial charge is 0.215 e. The van der Waals surface area contributed by atoms with Crippen molar-refractivity contribution in [3.05, 3.63) is 11.6 Å². The molecule has 6 nitrogen and oxygen atoms in total. The van der Waals surface area contributed by atoms with E-state index in [0.29, 0.717) is 29.6 Å². The molecular weight excluding hydrogens is 558 g/mol. The summed E-state index contributed by atoms with van der Waals surface area (Å²) < 4.78 is 11.1. The molecule has 10 unspecified atom stereocenters. The van der Waals surface area contributed by atoms with Crippen molar-refractivity contribution in [1.82, 2.24) is 4.90 Å². The van der Waals surface area contributed by atoms with Crippen molar-refractivity contribution in [3.8, 4) is 0 Å². The number of fused-ring (bicyclic) bond motifs is 5. The number of unbranched alkanes of at least 4 members (excludes halogenated alkanes) is 1. The molecular formula is C36H65NO5S. The number of rotatable bonds is 17. The summed E-state index contributed by atoms with van der Waals surface area (Å²) in [5, 5.41) is 32.4. The third kappa shape index (κ3) is 8.61. The van der Waals surface area contributed by atoms with Gasteiger partial charge in [-0.1, -0.05) is 53.0 Å². The fourth-order valence-electron chi connectivity index (χ4n) is 9.77. The zero-order valence-corrected chi connectivity index (χ0v) is 29.1. The van der Waals surface area contributed by atoms with Gasteiger partial charge in [-0.2, -0.15) is 11.8 Å². The van der Waals surface area contributed by atoms with Crippen LogP contribution in [0.4, 0.5) is 0 Å². The van der Waals surface area contributed by atoms with E-state index in [0.717, 1.165) is 74.5 Å². The predicted molar refractivity (Wildman–Crippen MR) is 178 cm³/mol. The highest BCUT2D eigenvalue weighted by molar-refractivity contribution is 7.99. The van der Waals surface area contributed by atoms with E-state index < -0.39 is 18.1 Å². The molecule has 4 aliphatic carbocycles. The Bertz CT molecular complexity index is 886. The Morgan fingerprint density at radius 3 is 2.56 bits per heavy atom. The molecule has 10 atom stereocenters. The van der Waals surface area contributed by atoms with Crippen molar-refractivity contribution in [2.75, 3.05) is 38.8 Å². The highest BCUT2D eigenvalue weighted by Crippen LogP contribution is 2.65. The Hall–Kier alpha value is -0.150. The minimum atomic E-state index is -0.843. The Morgan fingerprint density at radius 1 is 1.02 bits per heavy atom. The van der Waals surface area contributed by atoms with E-state index in [9.17, 15) is 15.3 Å². The lowest BCUT2D eigenvalue weighted by molar-refractivity contribution is -0.167. The number of ether oxygens (including phenoxy) is 2. The van der Waals surface area contributed by atoms with Crippen LogP contribution >= 0.6 is 11.8 Å². The Labute approximate surface area is 267 Å². The fourth-order valence-corrected chi connectivity index (χ4v) is 10.7. The molecule has 3 saturated carbocycles. The standard InChI is InChI=1S/C36H65NO5S/c1-25(2)10-9-11-26(3)31-14-15-32-30-13-12-27-22-29(16-19-36(27,40)33(30)17-18-35(31,32)4)42-23-28(38)24-43-21-8-7-20-37(5)34(39)41-6/h12,25-26,28-34,38-40H,7-11,13-24H2,1-6H3. The van der Waals surface area contributed by atoms with Gasteiger partial charge in [0.15, 0.2) is 0 Å². The van der Waals surface area contributed by atoms with Crippen molar-refractivity contribution in [2.24, 2.45) is 40.9 Å². The lowest BCUT2D eigenvalue weighted by atomic mass is 9.49. The van der Waals surface area contributed by atoms with Gasteiger partial charge in [-0.15, -0.1) is 0 Å². The first-order chi connectivity index (χ1) is 20.5. The molecule has 0 aliphatic heterocycles. The van der Waals surface area contributed by atoms with Crippen LogP contribution in [0, 0.1) is 40.9 Å². The number of thioether (sulfide) groups is 1. The summed E-state index contributed by atoms with van der Waals surface area (Å²) in [6, 6.07) is 0. The Morgan fingerprint density at radius 2 is 1.81 bits per heavy atom. The predicted octanol–water partition coefficient (Wildman–Crippen LogP) is 6.87. The molecule has 3 fully saturated rings. The molecule has 43 heavy (non-hydrogen) atoms. The SMILES string of the molecule is COC(O)N(C)CCCCSCC(O)COC1CCC2(O)C(=CCC3C2CCC2(C)C(C(C)CCCC(C)C)CCC32)C1. The third-order valence-electron chi connectivity index (χ3n) is 12.2. The molecule has 4 rings (SSSR count). The molecule has 0 amide bonds. The number of aliphatic hydroxyl groups is 3. The first-order valence-corrected chi connectivity index (χ1v) is 18.9. The molecule has 3 N–H and O–H groups in total. The average Bonchev–Trinajstić information content (AvgIpc) is 3.34. The number of methoxy groups -OCH3 is 1. The van der Waals surface area contributed by atoms with E-state index in [1.165, 1.54) is 57.6 Å². The van der Waals surface area contributed by atoms with Gasteiger partial charge in [0.05, 0.1) is 24.4 Å². The maximum atomic E-state index is 12.2. The van der Waals surface area contributed by atoms with Crippen LogP contribution in [0.5, 0.6) is 0 Å². The van der Waals surface area contributed by atoms with E-state index in [2.05, 4.69) is 33.8 Å². The normalized spacial score (nSPS) is 36.2. The minimum Gasteiger partial charge on any atom is -0.390 e.